The van der Waals surface area contributed by atoms with Crippen LogP contribution in [-0.4, -0.2) is 0 Å². The van der Waals surface area contributed by atoms with Gasteiger partial charge in [-0.05, 0) is 321 Å². The Morgan fingerprint density at radius 3 is 0.651 bits per heavy atom. The summed E-state index contributed by atoms with van der Waals surface area (Å²) in [5.74, 6) is 24.9. The Kier molecular flexibility index (Phi) is 64.7. The van der Waals surface area contributed by atoms with E-state index in [4.69, 9.17) is 0 Å². The molecular formula is C126H252. The molecule has 0 aliphatic heterocycles. The first-order chi connectivity index (χ1) is 58.9. The van der Waals surface area contributed by atoms with E-state index < -0.39 is 0 Å². The molecule has 126 heavy (non-hydrogen) atoms. The van der Waals surface area contributed by atoms with E-state index in [9.17, 15) is 0 Å². The maximum atomic E-state index is 2.39. The third-order valence-corrected chi connectivity index (χ3v) is 39.0. The smallest absolute Gasteiger partial charge is 0.0328 e. The molecule has 0 N–H and O–H groups in total. The van der Waals surface area contributed by atoms with E-state index in [-0.39, 0.29) is 0 Å². The molecule has 756 valence electrons. The molecule has 0 spiro atoms. The lowest BCUT2D eigenvalue weighted by Gasteiger charge is -2.42. The summed E-state index contributed by atoms with van der Waals surface area (Å²) in [6.07, 6.45) is 83.6. The van der Waals surface area contributed by atoms with Gasteiger partial charge in [-0.2, -0.15) is 0 Å². The Labute approximate surface area is 803 Å². The van der Waals surface area contributed by atoms with Crippen LogP contribution in [0, 0.1) is 180 Å². The normalized spacial score (nSPS) is 33.6. The van der Waals surface area contributed by atoms with Crippen molar-refractivity contribution in [3.63, 3.8) is 0 Å². The van der Waals surface area contributed by atoms with Crippen molar-refractivity contribution in [3.05, 3.63) is 0 Å². The SMILES string of the molecule is CC(C)C1CCC1.CC1(C)CCCC1.CC1CC(C)(C)C1.CC1CC(C)(C)C1.CC1CCC1(C)C.CC1CCCCC1.CC1CCC[C@H]1C.CC1CC[C@@H](C)C1.CC1C[C@H](C)C1C.CCC1(C)CCC1.CCC1(C)CCC1.CCC1CC(C)C1.CCC1CC(C)C1.CCC1CCC1C.CCC1CCCC1.CCC1CC[C@@H]1C.CCCC1CCC1.C[C@H]1CCC1(C)C. The van der Waals surface area contributed by atoms with Crippen molar-refractivity contribution in [2.45, 2.75) is 629 Å². The minimum atomic E-state index is 0.681. The van der Waals surface area contributed by atoms with Crippen molar-refractivity contribution in [1.82, 2.24) is 0 Å². The molecule has 18 fully saturated rings. The van der Waals surface area contributed by atoms with Crippen LogP contribution in [-0.2, 0) is 0 Å². The molecule has 0 bridgehead atoms. The Morgan fingerprint density at radius 2 is 0.579 bits per heavy atom. The highest BCUT2D eigenvalue weighted by Gasteiger charge is 2.38. The fourth-order valence-corrected chi connectivity index (χ4v) is 24.0. The first kappa shape index (κ1) is 124. The van der Waals surface area contributed by atoms with Gasteiger partial charge in [-0.1, -0.05) is 488 Å². The molecule has 8 unspecified atom stereocenters. The summed E-state index contributed by atoms with van der Waals surface area (Å²) in [4.78, 5) is 0. The van der Waals surface area contributed by atoms with Crippen LogP contribution < -0.4 is 0 Å². The lowest BCUT2D eigenvalue weighted by atomic mass is 9.64. The van der Waals surface area contributed by atoms with Crippen molar-refractivity contribution in [1.29, 1.82) is 0 Å². The highest BCUT2D eigenvalue weighted by atomic mass is 14.4. The largest absolute Gasteiger partial charge is 0.0654 e. The van der Waals surface area contributed by atoms with Gasteiger partial charge >= 0.3 is 0 Å². The first-order valence-corrected chi connectivity index (χ1v) is 58.9. The van der Waals surface area contributed by atoms with Gasteiger partial charge in [0.1, 0.15) is 0 Å². The molecule has 18 saturated carbocycles. The second kappa shape index (κ2) is 65.7. The van der Waals surface area contributed by atoms with Crippen LogP contribution in [0.25, 0.3) is 0 Å². The van der Waals surface area contributed by atoms with Gasteiger partial charge < -0.3 is 0 Å². The van der Waals surface area contributed by atoms with Crippen LogP contribution in [0.4, 0.5) is 0 Å². The van der Waals surface area contributed by atoms with E-state index in [1.807, 2.05) is 0 Å². The summed E-state index contributed by atoms with van der Waals surface area (Å²) in [5.41, 5.74) is 4.97. The van der Waals surface area contributed by atoms with E-state index in [1.54, 1.807) is 0 Å². The standard InChI is InChI=1S/18C7H14/c2*1-6-4-7(2,3)5-6;2*1-6-4-5-7(6,2)3;1-5-4-6(2)7(5)3;1-6-3-4-7(2)5-6;1-7(2)5-3-4-6-7;1-6-4-3-5-7(6)2;1-6(2)7-4-3-5-7;1-7-5-3-2-4-6-7;2*1-3-7-4-6(2)5-7;2*1-3-7(2)5-4-6-7;2*1-3-7-5-4-6(7)2;1-2-7-5-3-4-6-7;1-2-4-7-5-3-6-7/h4*6H,4-5H2,1-3H3;5-7H,4H2,1-3H3;6-7H,3-5H2,1-2H3;3-6H2,1-2H3;2*6-7H,3-5H2,1-2H3;7H,2-6H2,1H3;2*6-7H,3-5H2,1-2H3;2*3-6H2,1-2H3;2*6-7H,3-5H2,1-2H3;2*7H,2-6H2,1H3/t;;6-;;5-,6?,7?;6-,7?;;6-,7?;;;;;;;6-,7?;;;/m..0.01.1......0.../s1. The highest BCUT2D eigenvalue weighted by Crippen LogP contribution is 2.50. The average molecular weight is 1770 g/mol. The summed E-state index contributed by atoms with van der Waals surface area (Å²) in [5, 5.41) is 0. The summed E-state index contributed by atoms with van der Waals surface area (Å²) in [6, 6.07) is 0. The van der Waals surface area contributed by atoms with Crippen molar-refractivity contribution in [2.24, 2.45) is 180 Å². The van der Waals surface area contributed by atoms with Crippen LogP contribution in [0.15, 0.2) is 0 Å². The molecule has 0 aromatic carbocycles. The molecule has 0 saturated heterocycles. The molecule has 0 nitrogen and oxygen atoms in total. The van der Waals surface area contributed by atoms with Crippen LogP contribution in [0.5, 0.6) is 0 Å². The summed E-state index contributed by atoms with van der Waals surface area (Å²) < 4.78 is 0. The molecule has 0 aromatic heterocycles. The zero-order chi connectivity index (χ0) is 95.7. The minimum absolute atomic E-state index is 0.681. The topological polar surface area (TPSA) is 0 Å². The molecule has 0 aromatic rings. The van der Waals surface area contributed by atoms with Gasteiger partial charge in [0.15, 0.2) is 0 Å². The number of hydrogen-bond donors (Lipinski definition) is 0. The summed E-state index contributed by atoms with van der Waals surface area (Å²) in [6.45, 7) is 88.7. The third kappa shape index (κ3) is 55.4. The van der Waals surface area contributed by atoms with Crippen molar-refractivity contribution in [2.75, 3.05) is 0 Å². The molecule has 0 radical (unpaired) electrons. The van der Waals surface area contributed by atoms with E-state index in [0.717, 1.165) is 153 Å². The van der Waals surface area contributed by atoms with Gasteiger partial charge in [-0.25, -0.2) is 0 Å². The lowest BCUT2D eigenvalue weighted by molar-refractivity contribution is 0.0891. The Morgan fingerprint density at radius 1 is 0.238 bits per heavy atom. The van der Waals surface area contributed by atoms with Crippen molar-refractivity contribution in [3.8, 4) is 0 Å². The zero-order valence-electron chi connectivity index (χ0n) is 95.7. The molecule has 18 aliphatic carbocycles. The van der Waals surface area contributed by atoms with Crippen molar-refractivity contribution < 1.29 is 0 Å². The van der Waals surface area contributed by atoms with Crippen LogP contribution in [0.2, 0.25) is 0 Å². The van der Waals surface area contributed by atoms with Gasteiger partial charge in [0.05, 0.1) is 0 Å². The molecule has 0 amide bonds. The monoisotopic (exact) mass is 1770 g/mol. The molecule has 18 aliphatic rings. The lowest BCUT2D eigenvalue weighted by Crippen LogP contribution is -2.31. The van der Waals surface area contributed by atoms with E-state index in [2.05, 4.69) is 263 Å². The number of rotatable bonds is 10. The second-order valence-corrected chi connectivity index (χ2v) is 54.5. The zero-order valence-corrected chi connectivity index (χ0v) is 95.7. The van der Waals surface area contributed by atoms with Crippen LogP contribution in [0.3, 0.4) is 0 Å². The highest BCUT2D eigenvalue weighted by molar-refractivity contribution is 4.89. The molecular weight excluding hydrogens is 1510 g/mol. The average Bonchev–Trinajstić information content (AvgIpc) is 1.23. The van der Waals surface area contributed by atoms with Gasteiger partial charge in [-0.15, -0.1) is 0 Å². The van der Waals surface area contributed by atoms with Gasteiger partial charge in [0.2, 0.25) is 0 Å². The fourth-order valence-electron chi connectivity index (χ4n) is 24.0. The van der Waals surface area contributed by atoms with Gasteiger partial charge in [-0.3, -0.25) is 0 Å². The predicted octanol–water partition coefficient (Wildman–Crippen LogP) is 44.7. The Hall–Kier alpha value is 0. The Bertz CT molecular complexity index is 2260. The van der Waals surface area contributed by atoms with E-state index >= 15 is 0 Å². The quantitative estimate of drug-likeness (QED) is 0.205. The molecule has 18 rings (SSSR count). The maximum Gasteiger partial charge on any atom is -0.0328 e. The molecule has 0 heteroatoms. The second-order valence-electron chi connectivity index (χ2n) is 54.5. The summed E-state index contributed by atoms with van der Waals surface area (Å²) in [7, 11) is 0. The van der Waals surface area contributed by atoms with Gasteiger partial charge in [0.25, 0.3) is 0 Å². The first-order valence-electron chi connectivity index (χ1n) is 58.9. The minimum Gasteiger partial charge on any atom is -0.0654 e. The maximum absolute atomic E-state index is 2.39. The van der Waals surface area contributed by atoms with E-state index in [1.165, 1.54) is 366 Å². The van der Waals surface area contributed by atoms with E-state index in [0.29, 0.717) is 27.1 Å². The predicted molar refractivity (Wildman–Crippen MR) is 580 cm³/mol. The van der Waals surface area contributed by atoms with Crippen LogP contribution >= 0.6 is 0 Å². The van der Waals surface area contributed by atoms with Gasteiger partial charge in [0, 0.05) is 0 Å². The summed E-state index contributed by atoms with van der Waals surface area (Å²) >= 11 is 0. The number of hydrogen-bond acceptors (Lipinski definition) is 0. The molecule has 0 heterocycles. The van der Waals surface area contributed by atoms with Crippen molar-refractivity contribution >= 4 is 0 Å². The molecule has 13 atom stereocenters. The fraction of sp³-hybridized carbons (Fsp3) is 1.00. The Balaban J connectivity index is 0.000000667. The third-order valence-electron chi connectivity index (χ3n) is 39.0. The van der Waals surface area contributed by atoms with Crippen LogP contribution in [0.1, 0.15) is 629 Å².